The summed E-state index contributed by atoms with van der Waals surface area (Å²) in [5.41, 5.74) is 1.63. The van der Waals surface area contributed by atoms with Crippen LogP contribution >= 0.6 is 0 Å². The van der Waals surface area contributed by atoms with Gasteiger partial charge in [0.1, 0.15) is 0 Å². The van der Waals surface area contributed by atoms with E-state index in [-0.39, 0.29) is 11.7 Å². The summed E-state index contributed by atoms with van der Waals surface area (Å²) in [5.74, 6) is 0.187. The molecule has 0 spiro atoms. The number of hydrogen-bond donors (Lipinski definition) is 0. The molecule has 0 saturated carbocycles. The molecule has 2 aromatic rings. The molecule has 0 bridgehead atoms. The van der Waals surface area contributed by atoms with E-state index in [1.54, 1.807) is 12.5 Å². The summed E-state index contributed by atoms with van der Waals surface area (Å²) < 4.78 is 1.86. The summed E-state index contributed by atoms with van der Waals surface area (Å²) in [7, 11) is 0. The van der Waals surface area contributed by atoms with Crippen LogP contribution in [0.4, 0.5) is 0 Å². The molecular weight excluding hydrogens is 176 g/mol. The van der Waals surface area contributed by atoms with Gasteiger partial charge < -0.3 is 4.40 Å². The molecule has 2 rings (SSSR count). The lowest BCUT2D eigenvalue weighted by Gasteiger charge is -2.05. The van der Waals surface area contributed by atoms with Gasteiger partial charge in [-0.3, -0.25) is 4.79 Å². The van der Waals surface area contributed by atoms with Gasteiger partial charge in [0.15, 0.2) is 5.78 Å². The SMILES string of the molecule is CC(C)C(=O)c1cccn2cncc12. The Kier molecular flexibility index (Phi) is 2.08. The highest BCUT2D eigenvalue weighted by atomic mass is 16.1. The first-order valence-corrected chi connectivity index (χ1v) is 4.65. The van der Waals surface area contributed by atoms with Crippen LogP contribution in [0.15, 0.2) is 30.9 Å². The monoisotopic (exact) mass is 188 g/mol. The molecule has 0 unspecified atom stereocenters. The molecular formula is C11H12N2O. The fourth-order valence-electron chi connectivity index (χ4n) is 1.47. The molecule has 0 aromatic carbocycles. The molecule has 0 atom stereocenters. The van der Waals surface area contributed by atoms with Crippen LogP contribution in [0.2, 0.25) is 0 Å². The number of Topliss-reactive ketones (excluding diaryl/α,β-unsaturated/α-hetero) is 1. The Morgan fingerprint density at radius 3 is 3.00 bits per heavy atom. The normalized spacial score (nSPS) is 11.1. The zero-order valence-corrected chi connectivity index (χ0v) is 8.27. The average molecular weight is 188 g/mol. The molecule has 14 heavy (non-hydrogen) atoms. The fraction of sp³-hybridized carbons (Fsp3) is 0.273. The minimum atomic E-state index is 0.0242. The van der Waals surface area contributed by atoms with Crippen LogP contribution in [0.5, 0.6) is 0 Å². The van der Waals surface area contributed by atoms with E-state index in [9.17, 15) is 4.79 Å². The van der Waals surface area contributed by atoms with Crippen molar-refractivity contribution in [3.8, 4) is 0 Å². The summed E-state index contributed by atoms with van der Waals surface area (Å²) in [6.45, 7) is 3.81. The Morgan fingerprint density at radius 2 is 2.29 bits per heavy atom. The Hall–Kier alpha value is -1.64. The van der Waals surface area contributed by atoms with Gasteiger partial charge in [0.25, 0.3) is 0 Å². The number of fused-ring (bicyclic) bond motifs is 1. The average Bonchev–Trinajstić information content (AvgIpc) is 2.63. The van der Waals surface area contributed by atoms with E-state index in [0.717, 1.165) is 11.1 Å². The van der Waals surface area contributed by atoms with Gasteiger partial charge in [-0.15, -0.1) is 0 Å². The van der Waals surface area contributed by atoms with Crippen molar-refractivity contribution in [3.63, 3.8) is 0 Å². The van der Waals surface area contributed by atoms with E-state index >= 15 is 0 Å². The second kappa shape index (κ2) is 3.25. The lowest BCUT2D eigenvalue weighted by Crippen LogP contribution is -2.08. The molecule has 0 fully saturated rings. The smallest absolute Gasteiger partial charge is 0.167 e. The van der Waals surface area contributed by atoms with E-state index in [2.05, 4.69) is 4.98 Å². The maximum atomic E-state index is 11.8. The molecule has 0 aliphatic carbocycles. The lowest BCUT2D eigenvalue weighted by molar-refractivity contribution is 0.0940. The number of hydrogen-bond acceptors (Lipinski definition) is 2. The molecule has 0 saturated heterocycles. The summed E-state index contributed by atoms with van der Waals surface area (Å²) >= 11 is 0. The molecule has 3 heteroatoms. The number of aromatic nitrogens is 2. The molecule has 2 aromatic heterocycles. The van der Waals surface area contributed by atoms with Crippen LogP contribution in [-0.4, -0.2) is 15.2 Å². The van der Waals surface area contributed by atoms with Crippen molar-refractivity contribution >= 4 is 11.3 Å². The standard InChI is InChI=1S/C11H12N2O/c1-8(2)11(14)9-4-3-5-13-7-12-6-10(9)13/h3-8H,1-2H3. The quantitative estimate of drug-likeness (QED) is 0.677. The number of ketones is 1. The Labute approximate surface area is 82.4 Å². The Bertz CT molecular complexity index is 471. The second-order valence-electron chi connectivity index (χ2n) is 3.63. The van der Waals surface area contributed by atoms with Crippen molar-refractivity contribution in [1.82, 2.24) is 9.38 Å². The third-order valence-corrected chi connectivity index (χ3v) is 2.24. The maximum absolute atomic E-state index is 11.8. The van der Waals surface area contributed by atoms with Crippen LogP contribution in [0.1, 0.15) is 24.2 Å². The number of carbonyl (C=O) groups excluding carboxylic acids is 1. The minimum Gasteiger partial charge on any atom is -0.306 e. The molecule has 2 heterocycles. The largest absolute Gasteiger partial charge is 0.306 e. The molecule has 0 amide bonds. The van der Waals surface area contributed by atoms with Gasteiger partial charge in [0, 0.05) is 17.7 Å². The van der Waals surface area contributed by atoms with E-state index < -0.39 is 0 Å². The third-order valence-electron chi connectivity index (χ3n) is 2.24. The van der Waals surface area contributed by atoms with Crippen LogP contribution in [0.3, 0.4) is 0 Å². The van der Waals surface area contributed by atoms with Gasteiger partial charge >= 0.3 is 0 Å². The van der Waals surface area contributed by atoms with Crippen molar-refractivity contribution < 1.29 is 4.79 Å². The molecule has 0 aliphatic rings. The molecule has 72 valence electrons. The topological polar surface area (TPSA) is 34.4 Å². The Balaban J connectivity index is 2.62. The van der Waals surface area contributed by atoms with Crippen molar-refractivity contribution in [3.05, 3.63) is 36.4 Å². The predicted octanol–water partition coefficient (Wildman–Crippen LogP) is 2.17. The minimum absolute atomic E-state index is 0.0242. The summed E-state index contributed by atoms with van der Waals surface area (Å²) in [4.78, 5) is 15.8. The summed E-state index contributed by atoms with van der Waals surface area (Å²) in [5, 5.41) is 0. The first-order chi connectivity index (χ1) is 6.70. The first kappa shape index (κ1) is 8.94. The first-order valence-electron chi connectivity index (χ1n) is 4.65. The molecule has 0 N–H and O–H groups in total. The van der Waals surface area contributed by atoms with Gasteiger partial charge in [-0.25, -0.2) is 4.98 Å². The van der Waals surface area contributed by atoms with E-state index in [1.807, 2.05) is 36.6 Å². The highest BCUT2D eigenvalue weighted by Crippen LogP contribution is 2.14. The number of pyridine rings is 1. The zero-order valence-electron chi connectivity index (χ0n) is 8.27. The highest BCUT2D eigenvalue weighted by molar-refractivity contribution is 6.03. The highest BCUT2D eigenvalue weighted by Gasteiger charge is 2.13. The summed E-state index contributed by atoms with van der Waals surface area (Å²) in [6.07, 6.45) is 5.31. The van der Waals surface area contributed by atoms with Crippen molar-refractivity contribution in [1.29, 1.82) is 0 Å². The lowest BCUT2D eigenvalue weighted by atomic mass is 10.0. The molecule has 0 aliphatic heterocycles. The number of carbonyl (C=O) groups is 1. The summed E-state index contributed by atoms with van der Waals surface area (Å²) in [6, 6.07) is 3.71. The van der Waals surface area contributed by atoms with Crippen molar-refractivity contribution in [2.75, 3.05) is 0 Å². The van der Waals surface area contributed by atoms with E-state index in [0.29, 0.717) is 0 Å². The van der Waals surface area contributed by atoms with Crippen molar-refractivity contribution in [2.45, 2.75) is 13.8 Å². The number of imidazole rings is 1. The number of rotatable bonds is 2. The van der Waals surface area contributed by atoms with Crippen LogP contribution in [0, 0.1) is 5.92 Å². The van der Waals surface area contributed by atoms with Gasteiger partial charge in [-0.1, -0.05) is 13.8 Å². The van der Waals surface area contributed by atoms with E-state index in [4.69, 9.17) is 0 Å². The van der Waals surface area contributed by atoms with Gasteiger partial charge in [-0.05, 0) is 12.1 Å². The van der Waals surface area contributed by atoms with Crippen LogP contribution in [-0.2, 0) is 0 Å². The van der Waals surface area contributed by atoms with Crippen LogP contribution in [0.25, 0.3) is 5.52 Å². The Morgan fingerprint density at radius 1 is 1.50 bits per heavy atom. The molecule has 3 nitrogen and oxygen atoms in total. The van der Waals surface area contributed by atoms with Gasteiger partial charge in [0.05, 0.1) is 18.0 Å². The van der Waals surface area contributed by atoms with Gasteiger partial charge in [-0.2, -0.15) is 0 Å². The number of nitrogens with zero attached hydrogens (tertiary/aromatic N) is 2. The second-order valence-corrected chi connectivity index (χ2v) is 3.63. The van der Waals surface area contributed by atoms with Crippen molar-refractivity contribution in [2.24, 2.45) is 5.92 Å². The van der Waals surface area contributed by atoms with Crippen LogP contribution < -0.4 is 0 Å². The fourth-order valence-corrected chi connectivity index (χ4v) is 1.47. The zero-order chi connectivity index (χ0) is 10.1. The molecule has 0 radical (unpaired) electrons. The van der Waals surface area contributed by atoms with E-state index in [1.165, 1.54) is 0 Å². The predicted molar refractivity (Wildman–Crippen MR) is 54.4 cm³/mol. The van der Waals surface area contributed by atoms with Gasteiger partial charge in [0.2, 0.25) is 0 Å². The third kappa shape index (κ3) is 1.31. The maximum Gasteiger partial charge on any atom is 0.167 e.